The van der Waals surface area contributed by atoms with Gasteiger partial charge in [0.25, 0.3) is 11.6 Å². The highest BCUT2D eigenvalue weighted by Gasteiger charge is 2.54. The fraction of sp³-hybridized carbons (Fsp3) is 0.156. The van der Waals surface area contributed by atoms with Crippen LogP contribution in [-0.4, -0.2) is 16.8 Å². The normalized spacial score (nSPS) is 13.8. The molecule has 0 N–H and O–H groups in total. The number of rotatable bonds is 8. The molecule has 0 aromatic heterocycles. The standard InChI is InChI=1S/C45H40N2O2/c1-31-15-23-35(24-16-31)41(36-25-17-32(2)18-26-36)43-46-47(45(49-43,39-11-7-5-8-12-39)40-13-9-6-10-14-40)44(48)42(37-27-19-33(3)20-28-37)38-29-21-34(4)22-30-38/h5-30,41-42H,1-4H3. The van der Waals surface area contributed by atoms with Crippen LogP contribution in [0.1, 0.15) is 67.5 Å². The number of hydrazone groups is 1. The minimum Gasteiger partial charge on any atom is -0.442 e. The Morgan fingerprint density at radius 1 is 0.510 bits per heavy atom. The van der Waals surface area contributed by atoms with Crippen LogP contribution >= 0.6 is 0 Å². The molecule has 49 heavy (non-hydrogen) atoms. The van der Waals surface area contributed by atoms with E-state index < -0.39 is 11.6 Å². The molecule has 0 radical (unpaired) electrons. The van der Waals surface area contributed by atoms with Crippen LogP contribution in [0.15, 0.2) is 163 Å². The molecule has 242 valence electrons. The number of carbonyl (C=O) groups excluding carboxylic acids is 1. The third kappa shape index (κ3) is 6.18. The van der Waals surface area contributed by atoms with Gasteiger partial charge in [-0.2, -0.15) is 5.01 Å². The van der Waals surface area contributed by atoms with E-state index in [2.05, 4.69) is 100 Å². The van der Waals surface area contributed by atoms with E-state index in [0.29, 0.717) is 5.90 Å². The highest BCUT2D eigenvalue weighted by molar-refractivity contribution is 5.95. The molecule has 0 saturated carbocycles. The molecule has 6 aromatic carbocycles. The van der Waals surface area contributed by atoms with Gasteiger partial charge >= 0.3 is 0 Å². The first-order valence-corrected chi connectivity index (χ1v) is 16.8. The molecule has 0 spiro atoms. The van der Waals surface area contributed by atoms with Crippen molar-refractivity contribution in [2.75, 3.05) is 0 Å². The van der Waals surface area contributed by atoms with Crippen molar-refractivity contribution in [2.24, 2.45) is 5.10 Å². The molecular weight excluding hydrogens is 601 g/mol. The molecule has 0 saturated heterocycles. The minimum absolute atomic E-state index is 0.179. The number of amides is 1. The van der Waals surface area contributed by atoms with Crippen LogP contribution in [0.3, 0.4) is 0 Å². The van der Waals surface area contributed by atoms with Gasteiger partial charge in [-0.3, -0.25) is 4.79 Å². The summed E-state index contributed by atoms with van der Waals surface area (Å²) in [5, 5.41) is 6.90. The number of carbonyl (C=O) groups is 1. The predicted octanol–water partition coefficient (Wildman–Crippen LogP) is 9.96. The zero-order valence-electron chi connectivity index (χ0n) is 28.4. The molecule has 0 bridgehead atoms. The molecule has 1 aliphatic rings. The van der Waals surface area contributed by atoms with Gasteiger partial charge in [-0.05, 0) is 49.9 Å². The second-order valence-electron chi connectivity index (χ2n) is 13.1. The van der Waals surface area contributed by atoms with Crippen molar-refractivity contribution >= 4 is 11.8 Å². The lowest BCUT2D eigenvalue weighted by Crippen LogP contribution is -2.47. The summed E-state index contributed by atoms with van der Waals surface area (Å²) in [6.45, 7) is 8.29. The minimum atomic E-state index is -1.36. The summed E-state index contributed by atoms with van der Waals surface area (Å²) in [6, 6.07) is 53.4. The molecule has 0 fully saturated rings. The first-order valence-electron chi connectivity index (χ1n) is 16.8. The average molecular weight is 641 g/mol. The molecule has 0 unspecified atom stereocenters. The van der Waals surface area contributed by atoms with Gasteiger partial charge < -0.3 is 4.74 Å². The molecule has 1 amide bonds. The van der Waals surface area contributed by atoms with Crippen molar-refractivity contribution in [3.63, 3.8) is 0 Å². The van der Waals surface area contributed by atoms with Crippen molar-refractivity contribution in [1.29, 1.82) is 0 Å². The molecule has 0 aliphatic carbocycles. The quantitative estimate of drug-likeness (QED) is 0.166. The predicted molar refractivity (Wildman–Crippen MR) is 197 cm³/mol. The zero-order valence-corrected chi connectivity index (χ0v) is 28.4. The van der Waals surface area contributed by atoms with E-state index in [4.69, 9.17) is 9.84 Å². The molecule has 1 aliphatic heterocycles. The maximum Gasteiger partial charge on any atom is 0.259 e. The SMILES string of the molecule is Cc1ccc(C(C(=O)N2N=C(C(c3ccc(C)cc3)c3ccc(C)cc3)OC2(c2ccccc2)c2ccccc2)c2ccc(C)cc2)cc1. The van der Waals surface area contributed by atoms with Crippen molar-refractivity contribution in [1.82, 2.24) is 5.01 Å². The lowest BCUT2D eigenvalue weighted by Gasteiger charge is -2.37. The van der Waals surface area contributed by atoms with Gasteiger partial charge in [0, 0.05) is 11.1 Å². The molecule has 4 nitrogen and oxygen atoms in total. The van der Waals surface area contributed by atoms with Gasteiger partial charge in [0.1, 0.15) is 0 Å². The van der Waals surface area contributed by atoms with Crippen molar-refractivity contribution in [3.05, 3.63) is 213 Å². The van der Waals surface area contributed by atoms with Crippen LogP contribution in [0, 0.1) is 27.7 Å². The molecule has 6 aromatic rings. The van der Waals surface area contributed by atoms with Crippen LogP contribution < -0.4 is 0 Å². The lowest BCUT2D eigenvalue weighted by molar-refractivity contribution is -0.146. The first-order chi connectivity index (χ1) is 23.8. The summed E-state index contributed by atoms with van der Waals surface area (Å²) < 4.78 is 7.30. The van der Waals surface area contributed by atoms with E-state index in [1.165, 1.54) is 11.1 Å². The largest absolute Gasteiger partial charge is 0.442 e. The first kappa shape index (κ1) is 31.8. The Bertz CT molecular complexity index is 1940. The summed E-state index contributed by atoms with van der Waals surface area (Å²) >= 11 is 0. The summed E-state index contributed by atoms with van der Waals surface area (Å²) in [6.07, 6.45) is 0. The summed E-state index contributed by atoms with van der Waals surface area (Å²) in [4.78, 5) is 15.5. The number of ether oxygens (including phenoxy) is 1. The second kappa shape index (κ2) is 13.4. The van der Waals surface area contributed by atoms with Gasteiger partial charge in [-0.15, -0.1) is 5.10 Å². The van der Waals surface area contributed by atoms with Crippen molar-refractivity contribution < 1.29 is 9.53 Å². The van der Waals surface area contributed by atoms with Gasteiger partial charge in [-0.25, -0.2) is 0 Å². The second-order valence-corrected chi connectivity index (χ2v) is 13.1. The molecular formula is C45H40N2O2. The lowest BCUT2D eigenvalue weighted by atomic mass is 9.87. The van der Waals surface area contributed by atoms with Gasteiger partial charge in [0.05, 0.1) is 11.8 Å². The van der Waals surface area contributed by atoms with Crippen LogP contribution in [0.2, 0.25) is 0 Å². The number of hydrogen-bond donors (Lipinski definition) is 0. The molecule has 7 rings (SSSR count). The van der Waals surface area contributed by atoms with E-state index in [-0.39, 0.29) is 11.8 Å². The maximum atomic E-state index is 15.5. The van der Waals surface area contributed by atoms with E-state index in [9.17, 15) is 0 Å². The number of hydrogen-bond acceptors (Lipinski definition) is 3. The highest BCUT2D eigenvalue weighted by atomic mass is 16.6. The van der Waals surface area contributed by atoms with Crippen LogP contribution in [0.5, 0.6) is 0 Å². The maximum absolute atomic E-state index is 15.5. The van der Waals surface area contributed by atoms with Crippen LogP contribution in [-0.2, 0) is 15.3 Å². The molecule has 4 heteroatoms. The van der Waals surface area contributed by atoms with Crippen molar-refractivity contribution in [3.8, 4) is 0 Å². The van der Waals surface area contributed by atoms with Gasteiger partial charge in [0.2, 0.25) is 5.90 Å². The highest BCUT2D eigenvalue weighted by Crippen LogP contribution is 2.47. The third-order valence-corrected chi connectivity index (χ3v) is 9.42. The van der Waals surface area contributed by atoms with Crippen molar-refractivity contribution in [2.45, 2.75) is 45.3 Å². The topological polar surface area (TPSA) is 41.9 Å². The summed E-state index contributed by atoms with van der Waals surface area (Å²) in [5.74, 6) is -0.706. The Morgan fingerprint density at radius 2 is 0.857 bits per heavy atom. The Hall–Kier alpha value is -5.74. The smallest absolute Gasteiger partial charge is 0.259 e. The molecule has 0 atom stereocenters. The zero-order chi connectivity index (χ0) is 34.0. The van der Waals surface area contributed by atoms with Crippen LogP contribution in [0.4, 0.5) is 0 Å². The van der Waals surface area contributed by atoms with Gasteiger partial charge in [-0.1, -0.05) is 180 Å². The fourth-order valence-electron chi connectivity index (χ4n) is 6.68. The summed E-state index contributed by atoms with van der Waals surface area (Å²) in [5.41, 5.74) is 8.71. The Kier molecular flexibility index (Phi) is 8.71. The average Bonchev–Trinajstić information content (AvgIpc) is 3.54. The number of aryl methyl sites for hydroxylation is 4. The molecule has 1 heterocycles. The number of nitrogens with zero attached hydrogens (tertiary/aromatic N) is 2. The third-order valence-electron chi connectivity index (χ3n) is 9.42. The fourth-order valence-corrected chi connectivity index (χ4v) is 6.68. The van der Waals surface area contributed by atoms with Gasteiger partial charge in [0.15, 0.2) is 0 Å². The van der Waals surface area contributed by atoms with Crippen LogP contribution in [0.25, 0.3) is 0 Å². The monoisotopic (exact) mass is 640 g/mol. The Labute approximate surface area is 289 Å². The van der Waals surface area contributed by atoms with E-state index in [1.807, 2.05) is 84.9 Å². The van der Waals surface area contributed by atoms with E-state index >= 15 is 4.79 Å². The van der Waals surface area contributed by atoms with E-state index in [1.54, 1.807) is 5.01 Å². The Balaban J connectivity index is 1.48. The van der Waals surface area contributed by atoms with E-state index in [0.717, 1.165) is 44.5 Å². The Morgan fingerprint density at radius 3 is 1.22 bits per heavy atom. The number of benzene rings is 6. The summed E-state index contributed by atoms with van der Waals surface area (Å²) in [7, 11) is 0.